The summed E-state index contributed by atoms with van der Waals surface area (Å²) in [5.74, 6) is -2.33. The van der Waals surface area contributed by atoms with Gasteiger partial charge in [-0.25, -0.2) is 8.78 Å². The van der Waals surface area contributed by atoms with E-state index in [0.29, 0.717) is 5.56 Å². The van der Waals surface area contributed by atoms with Gasteiger partial charge in [-0.1, -0.05) is 30.4 Å². The molecule has 0 aromatic heterocycles. The SMILES string of the molecule is NC(=S)c1cccc(C(=O)Nc2c(F)cccc2F)c1. The average Bonchev–Trinajstić information content (AvgIpc) is 2.43. The topological polar surface area (TPSA) is 55.1 Å². The lowest BCUT2D eigenvalue weighted by Gasteiger charge is -2.08. The monoisotopic (exact) mass is 292 g/mol. The Morgan fingerprint density at radius 1 is 1.05 bits per heavy atom. The zero-order valence-corrected chi connectivity index (χ0v) is 11.0. The maximum absolute atomic E-state index is 13.4. The summed E-state index contributed by atoms with van der Waals surface area (Å²) < 4.78 is 26.9. The Labute approximate surface area is 119 Å². The number of para-hydroxylation sites is 1. The molecule has 0 heterocycles. The van der Waals surface area contributed by atoms with Crippen LogP contribution in [0.25, 0.3) is 0 Å². The van der Waals surface area contributed by atoms with E-state index < -0.39 is 23.2 Å². The molecule has 20 heavy (non-hydrogen) atoms. The molecule has 0 spiro atoms. The average molecular weight is 292 g/mol. The smallest absolute Gasteiger partial charge is 0.255 e. The molecule has 0 radical (unpaired) electrons. The molecular weight excluding hydrogens is 282 g/mol. The number of anilines is 1. The number of halogens is 2. The van der Waals surface area contributed by atoms with Gasteiger partial charge < -0.3 is 11.1 Å². The number of rotatable bonds is 3. The van der Waals surface area contributed by atoms with E-state index in [0.717, 1.165) is 12.1 Å². The first-order valence-corrected chi connectivity index (χ1v) is 6.05. The number of hydrogen-bond donors (Lipinski definition) is 2. The molecule has 0 unspecified atom stereocenters. The molecule has 102 valence electrons. The molecule has 3 N–H and O–H groups in total. The molecule has 2 aromatic carbocycles. The van der Waals surface area contributed by atoms with Crippen molar-refractivity contribution in [3.8, 4) is 0 Å². The number of hydrogen-bond acceptors (Lipinski definition) is 2. The first-order valence-electron chi connectivity index (χ1n) is 5.64. The van der Waals surface area contributed by atoms with Gasteiger partial charge in [-0.15, -0.1) is 0 Å². The number of amides is 1. The Morgan fingerprint density at radius 3 is 2.20 bits per heavy atom. The number of thiocarbonyl (C=S) groups is 1. The third-order valence-corrected chi connectivity index (χ3v) is 2.85. The van der Waals surface area contributed by atoms with Gasteiger partial charge in [0.1, 0.15) is 22.3 Å². The number of carbonyl (C=O) groups excluding carboxylic acids is 1. The highest BCUT2D eigenvalue weighted by molar-refractivity contribution is 7.80. The van der Waals surface area contributed by atoms with E-state index in [1.807, 2.05) is 0 Å². The second-order valence-electron chi connectivity index (χ2n) is 4.00. The molecule has 0 fully saturated rings. The Morgan fingerprint density at radius 2 is 1.60 bits per heavy atom. The van der Waals surface area contributed by atoms with Crippen molar-refractivity contribution in [3.05, 3.63) is 65.2 Å². The van der Waals surface area contributed by atoms with Gasteiger partial charge in [0.15, 0.2) is 0 Å². The second kappa shape index (κ2) is 5.75. The van der Waals surface area contributed by atoms with Gasteiger partial charge in [-0.05, 0) is 24.3 Å². The van der Waals surface area contributed by atoms with Crippen molar-refractivity contribution in [2.24, 2.45) is 5.73 Å². The first-order chi connectivity index (χ1) is 9.49. The molecule has 2 aromatic rings. The summed E-state index contributed by atoms with van der Waals surface area (Å²) in [5, 5.41) is 2.19. The minimum absolute atomic E-state index is 0.136. The van der Waals surface area contributed by atoms with Crippen LogP contribution in [0.3, 0.4) is 0 Å². The lowest BCUT2D eigenvalue weighted by molar-refractivity contribution is 0.102. The fourth-order valence-corrected chi connectivity index (χ4v) is 1.74. The van der Waals surface area contributed by atoms with Crippen molar-refractivity contribution in [2.45, 2.75) is 0 Å². The highest BCUT2D eigenvalue weighted by Gasteiger charge is 2.13. The highest BCUT2D eigenvalue weighted by Crippen LogP contribution is 2.19. The van der Waals surface area contributed by atoms with Crippen LogP contribution >= 0.6 is 12.2 Å². The number of nitrogens with two attached hydrogens (primary N) is 1. The van der Waals surface area contributed by atoms with Crippen LogP contribution in [0.15, 0.2) is 42.5 Å². The Bertz CT molecular complexity index is 668. The number of carbonyl (C=O) groups is 1. The van der Waals surface area contributed by atoms with Gasteiger partial charge in [0, 0.05) is 11.1 Å². The van der Waals surface area contributed by atoms with Gasteiger partial charge in [0.2, 0.25) is 0 Å². The second-order valence-corrected chi connectivity index (χ2v) is 4.44. The van der Waals surface area contributed by atoms with Gasteiger partial charge in [0.25, 0.3) is 5.91 Å². The standard InChI is InChI=1S/C14H10F2N2OS/c15-10-5-2-6-11(16)12(10)18-14(19)9-4-1-3-8(7-9)13(17)20/h1-7H,(H2,17,20)(H,18,19). The minimum Gasteiger partial charge on any atom is -0.389 e. The zero-order valence-electron chi connectivity index (χ0n) is 10.2. The van der Waals surface area contributed by atoms with Crippen molar-refractivity contribution >= 4 is 28.8 Å². The predicted octanol–water partition coefficient (Wildman–Crippen LogP) is 2.85. The van der Waals surface area contributed by atoms with Crippen LogP contribution in [0.2, 0.25) is 0 Å². The van der Waals surface area contributed by atoms with E-state index in [2.05, 4.69) is 5.32 Å². The molecule has 0 aliphatic carbocycles. The maximum Gasteiger partial charge on any atom is 0.255 e. The predicted molar refractivity (Wildman–Crippen MR) is 76.6 cm³/mol. The van der Waals surface area contributed by atoms with E-state index in [-0.39, 0.29) is 10.6 Å². The highest BCUT2D eigenvalue weighted by atomic mass is 32.1. The molecule has 0 saturated heterocycles. The lowest BCUT2D eigenvalue weighted by atomic mass is 10.1. The molecule has 0 bridgehead atoms. The maximum atomic E-state index is 13.4. The van der Waals surface area contributed by atoms with E-state index in [1.165, 1.54) is 18.2 Å². The van der Waals surface area contributed by atoms with Crippen molar-refractivity contribution < 1.29 is 13.6 Å². The third-order valence-electron chi connectivity index (χ3n) is 2.61. The summed E-state index contributed by atoms with van der Waals surface area (Å²) in [7, 11) is 0. The molecule has 3 nitrogen and oxygen atoms in total. The quantitative estimate of drug-likeness (QED) is 0.855. The molecule has 2 rings (SSSR count). The molecule has 0 saturated carbocycles. The van der Waals surface area contributed by atoms with E-state index in [4.69, 9.17) is 18.0 Å². The van der Waals surface area contributed by atoms with Crippen molar-refractivity contribution in [1.29, 1.82) is 0 Å². The third kappa shape index (κ3) is 2.97. The summed E-state index contributed by atoms with van der Waals surface area (Å²) in [6.07, 6.45) is 0. The van der Waals surface area contributed by atoms with Crippen LogP contribution in [0.5, 0.6) is 0 Å². The Balaban J connectivity index is 2.29. The fraction of sp³-hybridized carbons (Fsp3) is 0. The molecule has 0 aliphatic rings. The largest absolute Gasteiger partial charge is 0.389 e. The normalized spacial score (nSPS) is 10.1. The van der Waals surface area contributed by atoms with Gasteiger partial charge in [-0.2, -0.15) is 0 Å². The molecule has 1 amide bonds. The van der Waals surface area contributed by atoms with Crippen molar-refractivity contribution in [1.82, 2.24) is 0 Å². The van der Waals surface area contributed by atoms with E-state index in [1.54, 1.807) is 12.1 Å². The summed E-state index contributed by atoms with van der Waals surface area (Å²) in [6.45, 7) is 0. The Hall–Kier alpha value is -2.34. The van der Waals surface area contributed by atoms with Crippen molar-refractivity contribution in [3.63, 3.8) is 0 Å². The van der Waals surface area contributed by atoms with Crippen molar-refractivity contribution in [2.75, 3.05) is 5.32 Å². The van der Waals surface area contributed by atoms with Crippen LogP contribution in [-0.2, 0) is 0 Å². The van der Waals surface area contributed by atoms with Gasteiger partial charge in [0.05, 0.1) is 0 Å². The summed E-state index contributed by atoms with van der Waals surface area (Å²) >= 11 is 4.81. The van der Waals surface area contributed by atoms with Gasteiger partial charge in [-0.3, -0.25) is 4.79 Å². The summed E-state index contributed by atoms with van der Waals surface area (Å²) in [5.41, 5.74) is 5.68. The zero-order chi connectivity index (χ0) is 14.7. The molecular formula is C14H10F2N2OS. The van der Waals surface area contributed by atoms with Gasteiger partial charge >= 0.3 is 0 Å². The molecule has 0 atom stereocenters. The Kier molecular flexibility index (Phi) is 4.05. The van der Waals surface area contributed by atoms with Crippen LogP contribution in [0.1, 0.15) is 15.9 Å². The van der Waals surface area contributed by atoms with Crippen LogP contribution in [-0.4, -0.2) is 10.9 Å². The first kappa shape index (κ1) is 14.1. The molecule has 6 heteroatoms. The minimum atomic E-state index is -0.844. The van der Waals surface area contributed by atoms with Crippen LogP contribution in [0, 0.1) is 11.6 Å². The summed E-state index contributed by atoms with van der Waals surface area (Å²) in [6, 6.07) is 9.51. The fourth-order valence-electron chi connectivity index (χ4n) is 1.62. The molecule has 0 aliphatic heterocycles. The van der Waals surface area contributed by atoms with E-state index >= 15 is 0 Å². The summed E-state index contributed by atoms with van der Waals surface area (Å²) in [4.78, 5) is 12.1. The number of benzene rings is 2. The number of nitrogens with one attached hydrogen (secondary N) is 1. The van der Waals surface area contributed by atoms with E-state index in [9.17, 15) is 13.6 Å². The van der Waals surface area contributed by atoms with Crippen LogP contribution in [0.4, 0.5) is 14.5 Å². The van der Waals surface area contributed by atoms with Crippen LogP contribution < -0.4 is 11.1 Å². The lowest BCUT2D eigenvalue weighted by Crippen LogP contribution is -2.16.